The lowest BCUT2D eigenvalue weighted by molar-refractivity contribution is 0.103. The number of rotatable bonds is 2. The second-order valence-electron chi connectivity index (χ2n) is 4.62. The molecule has 1 aromatic heterocycles. The third-order valence-electron chi connectivity index (χ3n) is 3.30. The molecule has 0 atom stereocenters. The number of aryl methyl sites for hydroxylation is 1. The number of H-pyrrole nitrogens is 1. The fourth-order valence-corrected chi connectivity index (χ4v) is 2.54. The average Bonchev–Trinajstić information content (AvgIpc) is 2.73. The van der Waals surface area contributed by atoms with E-state index in [2.05, 4.69) is 4.98 Å². The number of carbonyl (C=O) groups is 1. The van der Waals surface area contributed by atoms with Crippen molar-refractivity contribution in [3.63, 3.8) is 0 Å². The zero-order valence-corrected chi connectivity index (χ0v) is 11.5. The molecule has 3 rings (SSSR count). The molecule has 0 aliphatic carbocycles. The molecule has 0 saturated heterocycles. The second kappa shape index (κ2) is 4.76. The highest BCUT2D eigenvalue weighted by molar-refractivity contribution is 6.30. The Balaban J connectivity index is 2.20. The molecule has 0 unspecified atom stereocenters. The highest BCUT2D eigenvalue weighted by Gasteiger charge is 2.20. The van der Waals surface area contributed by atoms with Crippen LogP contribution in [0.4, 0.5) is 4.39 Å². The Bertz CT molecular complexity index is 822. The quantitative estimate of drug-likeness (QED) is 0.692. The van der Waals surface area contributed by atoms with Gasteiger partial charge >= 0.3 is 0 Å². The van der Waals surface area contributed by atoms with Gasteiger partial charge in [-0.3, -0.25) is 4.79 Å². The molecule has 1 N–H and O–H groups in total. The Morgan fingerprint density at radius 3 is 2.70 bits per heavy atom. The minimum atomic E-state index is -0.604. The standard InChI is InChI=1S/C16H11ClFNO/c1-9-15(12-4-2-3-5-14(12)19-9)16(20)11-7-6-10(17)8-13(11)18/h2-8,19H,1H3. The van der Waals surface area contributed by atoms with Gasteiger partial charge in [-0.15, -0.1) is 0 Å². The van der Waals surface area contributed by atoms with Crippen molar-refractivity contribution >= 4 is 28.3 Å². The van der Waals surface area contributed by atoms with Crippen molar-refractivity contribution in [1.82, 2.24) is 4.98 Å². The molecule has 0 aliphatic rings. The van der Waals surface area contributed by atoms with Gasteiger partial charge in [0.05, 0.1) is 11.1 Å². The van der Waals surface area contributed by atoms with Crippen molar-refractivity contribution in [2.45, 2.75) is 6.92 Å². The summed E-state index contributed by atoms with van der Waals surface area (Å²) in [5.41, 5.74) is 2.12. The van der Waals surface area contributed by atoms with Crippen molar-refractivity contribution in [3.05, 3.63) is 70.1 Å². The topological polar surface area (TPSA) is 32.9 Å². The first kappa shape index (κ1) is 12.9. The van der Waals surface area contributed by atoms with E-state index in [0.29, 0.717) is 5.56 Å². The highest BCUT2D eigenvalue weighted by Crippen LogP contribution is 2.26. The molecule has 20 heavy (non-hydrogen) atoms. The number of benzene rings is 2. The summed E-state index contributed by atoms with van der Waals surface area (Å²) in [6.45, 7) is 1.81. The number of aromatic nitrogens is 1. The molecule has 0 fully saturated rings. The molecule has 0 spiro atoms. The molecule has 0 radical (unpaired) electrons. The monoisotopic (exact) mass is 287 g/mol. The van der Waals surface area contributed by atoms with E-state index in [4.69, 9.17) is 11.6 Å². The lowest BCUT2D eigenvalue weighted by atomic mass is 10.00. The third-order valence-corrected chi connectivity index (χ3v) is 3.53. The van der Waals surface area contributed by atoms with Gasteiger partial charge in [0.25, 0.3) is 0 Å². The molecule has 0 saturated carbocycles. The van der Waals surface area contributed by atoms with E-state index in [9.17, 15) is 9.18 Å². The van der Waals surface area contributed by atoms with Gasteiger partial charge in [-0.25, -0.2) is 4.39 Å². The summed E-state index contributed by atoms with van der Waals surface area (Å²) >= 11 is 5.72. The van der Waals surface area contributed by atoms with Gasteiger partial charge in [-0.1, -0.05) is 29.8 Å². The van der Waals surface area contributed by atoms with Crippen molar-refractivity contribution < 1.29 is 9.18 Å². The van der Waals surface area contributed by atoms with Gasteiger partial charge < -0.3 is 4.98 Å². The zero-order chi connectivity index (χ0) is 14.3. The zero-order valence-electron chi connectivity index (χ0n) is 10.7. The Morgan fingerprint density at radius 2 is 1.95 bits per heavy atom. The fraction of sp³-hybridized carbons (Fsp3) is 0.0625. The van der Waals surface area contributed by atoms with Crippen LogP contribution in [0.5, 0.6) is 0 Å². The number of carbonyl (C=O) groups excluding carboxylic acids is 1. The normalized spacial score (nSPS) is 10.9. The summed E-state index contributed by atoms with van der Waals surface area (Å²) < 4.78 is 13.9. The van der Waals surface area contributed by atoms with Gasteiger partial charge in [0.1, 0.15) is 5.82 Å². The van der Waals surface area contributed by atoms with Crippen LogP contribution in [0, 0.1) is 12.7 Å². The van der Waals surface area contributed by atoms with Gasteiger partial charge in [0, 0.05) is 21.6 Å². The molecule has 3 aromatic rings. The van der Waals surface area contributed by atoms with Crippen molar-refractivity contribution in [2.24, 2.45) is 0 Å². The molecular weight excluding hydrogens is 277 g/mol. The average molecular weight is 288 g/mol. The van der Waals surface area contributed by atoms with Gasteiger partial charge in [-0.05, 0) is 31.2 Å². The van der Waals surface area contributed by atoms with Crippen LogP contribution >= 0.6 is 11.6 Å². The SMILES string of the molecule is Cc1[nH]c2ccccc2c1C(=O)c1ccc(Cl)cc1F. The predicted octanol–water partition coefficient (Wildman–Crippen LogP) is 4.50. The minimum absolute atomic E-state index is 0.0299. The summed E-state index contributed by atoms with van der Waals surface area (Å²) in [4.78, 5) is 15.7. The first-order valence-corrected chi connectivity index (χ1v) is 6.53. The maximum absolute atomic E-state index is 13.9. The van der Waals surface area contributed by atoms with Gasteiger partial charge in [-0.2, -0.15) is 0 Å². The number of hydrogen-bond acceptors (Lipinski definition) is 1. The Labute approximate surface area is 120 Å². The number of fused-ring (bicyclic) bond motifs is 1. The van der Waals surface area contributed by atoms with Crippen LogP contribution in [0.3, 0.4) is 0 Å². The largest absolute Gasteiger partial charge is 0.358 e. The van der Waals surface area contributed by atoms with E-state index in [1.54, 1.807) is 6.92 Å². The van der Waals surface area contributed by atoms with Crippen LogP contribution in [0.1, 0.15) is 21.6 Å². The van der Waals surface area contributed by atoms with Crippen LogP contribution in [0.2, 0.25) is 5.02 Å². The van der Waals surface area contributed by atoms with Gasteiger partial charge in [0.2, 0.25) is 0 Å². The maximum Gasteiger partial charge on any atom is 0.198 e. The number of hydrogen-bond donors (Lipinski definition) is 1. The first-order valence-electron chi connectivity index (χ1n) is 6.15. The lowest BCUT2D eigenvalue weighted by Crippen LogP contribution is -2.05. The van der Waals surface area contributed by atoms with Crippen molar-refractivity contribution in [2.75, 3.05) is 0 Å². The molecule has 0 bridgehead atoms. The Kier molecular flexibility index (Phi) is 3.07. The van der Waals surface area contributed by atoms with Crippen LogP contribution in [0.25, 0.3) is 10.9 Å². The van der Waals surface area contributed by atoms with Crippen molar-refractivity contribution in [3.8, 4) is 0 Å². The van der Waals surface area contributed by atoms with Crippen molar-refractivity contribution in [1.29, 1.82) is 0 Å². The van der Waals surface area contributed by atoms with E-state index in [1.807, 2.05) is 24.3 Å². The molecule has 2 nitrogen and oxygen atoms in total. The van der Waals surface area contributed by atoms with Crippen LogP contribution in [-0.2, 0) is 0 Å². The van der Waals surface area contributed by atoms with E-state index >= 15 is 0 Å². The van der Waals surface area contributed by atoms with Crippen LogP contribution in [-0.4, -0.2) is 10.8 Å². The predicted molar refractivity (Wildman–Crippen MR) is 77.9 cm³/mol. The lowest BCUT2D eigenvalue weighted by Gasteiger charge is -2.03. The molecule has 2 aromatic carbocycles. The number of para-hydroxylation sites is 1. The summed E-state index contributed by atoms with van der Waals surface area (Å²) in [7, 11) is 0. The Hall–Kier alpha value is -2.13. The molecule has 0 aliphatic heterocycles. The fourth-order valence-electron chi connectivity index (χ4n) is 2.38. The number of ketones is 1. The van der Waals surface area contributed by atoms with Crippen LogP contribution < -0.4 is 0 Å². The molecular formula is C16H11ClFNO. The summed E-state index contributed by atoms with van der Waals surface area (Å²) in [5, 5.41) is 1.07. The maximum atomic E-state index is 13.9. The smallest absolute Gasteiger partial charge is 0.198 e. The van der Waals surface area contributed by atoms with E-state index in [-0.39, 0.29) is 16.4 Å². The molecule has 0 amide bonds. The summed E-state index contributed by atoms with van der Waals surface area (Å²) in [6.07, 6.45) is 0. The van der Waals surface area contributed by atoms with E-state index < -0.39 is 5.82 Å². The van der Waals surface area contributed by atoms with E-state index in [1.165, 1.54) is 12.1 Å². The minimum Gasteiger partial charge on any atom is -0.358 e. The second-order valence-corrected chi connectivity index (χ2v) is 5.06. The van der Waals surface area contributed by atoms with Gasteiger partial charge in [0.15, 0.2) is 5.78 Å². The molecule has 1 heterocycles. The number of aromatic amines is 1. The third kappa shape index (κ3) is 2.00. The summed E-state index contributed by atoms with van der Waals surface area (Å²) in [5.74, 6) is -0.943. The molecule has 4 heteroatoms. The highest BCUT2D eigenvalue weighted by atomic mass is 35.5. The first-order chi connectivity index (χ1) is 9.58. The van der Waals surface area contributed by atoms with E-state index in [0.717, 1.165) is 22.7 Å². The number of halogens is 2. The number of nitrogens with one attached hydrogen (secondary N) is 1. The summed E-state index contributed by atoms with van der Waals surface area (Å²) in [6, 6.07) is 11.6. The Morgan fingerprint density at radius 1 is 1.20 bits per heavy atom. The molecule has 100 valence electrons. The van der Waals surface area contributed by atoms with Crippen LogP contribution in [0.15, 0.2) is 42.5 Å².